The van der Waals surface area contributed by atoms with Crippen LogP contribution in [0.2, 0.25) is 5.02 Å². The summed E-state index contributed by atoms with van der Waals surface area (Å²) < 4.78 is 23.7. The number of nitrogens with zero attached hydrogens (tertiary/aromatic N) is 2. The summed E-state index contributed by atoms with van der Waals surface area (Å²) in [6, 6.07) is 7.41. The topological polar surface area (TPSA) is 57.7 Å². The standard InChI is InChI=1S/C14H21ClN2O3S/c1-11(9-12-5-7-13(15)8-6-12)17(3)14(18)10-16(2)21(4,19)20/h5-8,11H,9-10H2,1-4H3/t11-/m0/s1. The summed E-state index contributed by atoms with van der Waals surface area (Å²) in [5.41, 5.74) is 1.07. The van der Waals surface area contributed by atoms with Crippen LogP contribution in [-0.2, 0) is 21.2 Å². The summed E-state index contributed by atoms with van der Waals surface area (Å²) in [4.78, 5) is 13.7. The predicted octanol–water partition coefficient (Wildman–Crippen LogP) is 1.62. The lowest BCUT2D eigenvalue weighted by Crippen LogP contribution is -2.43. The number of hydrogen-bond donors (Lipinski definition) is 0. The van der Waals surface area contributed by atoms with Crippen molar-refractivity contribution >= 4 is 27.5 Å². The number of likely N-dealkylation sites (N-methyl/N-ethyl adjacent to an activating group) is 2. The highest BCUT2D eigenvalue weighted by molar-refractivity contribution is 7.88. The molecule has 0 aliphatic rings. The van der Waals surface area contributed by atoms with E-state index in [0.29, 0.717) is 11.4 Å². The zero-order valence-corrected chi connectivity index (χ0v) is 14.3. The fourth-order valence-corrected chi connectivity index (χ4v) is 2.23. The highest BCUT2D eigenvalue weighted by atomic mass is 35.5. The molecule has 1 aromatic rings. The van der Waals surface area contributed by atoms with Crippen LogP contribution < -0.4 is 0 Å². The van der Waals surface area contributed by atoms with Gasteiger partial charge < -0.3 is 4.90 Å². The molecular formula is C14H21ClN2O3S. The minimum Gasteiger partial charge on any atom is -0.342 e. The van der Waals surface area contributed by atoms with Crippen molar-refractivity contribution in [2.75, 3.05) is 26.9 Å². The summed E-state index contributed by atoms with van der Waals surface area (Å²) in [5, 5.41) is 0.672. The molecule has 0 heterocycles. The van der Waals surface area contributed by atoms with E-state index >= 15 is 0 Å². The molecule has 1 aromatic carbocycles. The fourth-order valence-electron chi connectivity index (χ4n) is 1.76. The van der Waals surface area contributed by atoms with Crippen LogP contribution >= 0.6 is 11.6 Å². The Hall–Kier alpha value is -1.11. The fraction of sp³-hybridized carbons (Fsp3) is 0.500. The molecule has 0 radical (unpaired) electrons. The normalized spacial score (nSPS) is 13.2. The molecule has 0 saturated carbocycles. The Morgan fingerprint density at radius 3 is 2.24 bits per heavy atom. The highest BCUT2D eigenvalue weighted by Gasteiger charge is 2.21. The monoisotopic (exact) mass is 332 g/mol. The van der Waals surface area contributed by atoms with Crippen LogP contribution in [0.3, 0.4) is 0 Å². The van der Waals surface area contributed by atoms with Crippen molar-refractivity contribution in [2.24, 2.45) is 0 Å². The van der Waals surface area contributed by atoms with Gasteiger partial charge in [-0.2, -0.15) is 4.31 Å². The second-order valence-electron chi connectivity index (χ2n) is 5.20. The van der Waals surface area contributed by atoms with Gasteiger partial charge in [0, 0.05) is 25.2 Å². The minimum absolute atomic E-state index is 0.0355. The molecule has 5 nitrogen and oxygen atoms in total. The van der Waals surface area contributed by atoms with Gasteiger partial charge in [0.05, 0.1) is 12.8 Å². The minimum atomic E-state index is -3.35. The van der Waals surface area contributed by atoms with Crippen molar-refractivity contribution in [3.05, 3.63) is 34.9 Å². The van der Waals surface area contributed by atoms with E-state index in [1.165, 1.54) is 7.05 Å². The molecule has 1 rings (SSSR count). The number of carbonyl (C=O) groups excluding carboxylic acids is 1. The first-order valence-corrected chi connectivity index (χ1v) is 8.75. The molecule has 7 heteroatoms. The maximum atomic E-state index is 12.1. The predicted molar refractivity (Wildman–Crippen MR) is 84.9 cm³/mol. The second-order valence-corrected chi connectivity index (χ2v) is 7.73. The van der Waals surface area contributed by atoms with E-state index in [2.05, 4.69) is 0 Å². The summed E-state index contributed by atoms with van der Waals surface area (Å²) in [5.74, 6) is -0.232. The Kier molecular flexibility index (Phi) is 6.19. The van der Waals surface area contributed by atoms with Gasteiger partial charge in [0.1, 0.15) is 0 Å². The SMILES string of the molecule is C[C@@H](Cc1ccc(Cl)cc1)N(C)C(=O)CN(C)S(C)(=O)=O. The van der Waals surface area contributed by atoms with Gasteiger partial charge >= 0.3 is 0 Å². The molecule has 1 amide bonds. The summed E-state index contributed by atoms with van der Waals surface area (Å²) in [6.45, 7) is 1.77. The first-order valence-electron chi connectivity index (χ1n) is 6.52. The Morgan fingerprint density at radius 1 is 1.24 bits per heavy atom. The average Bonchev–Trinajstić information content (AvgIpc) is 2.39. The van der Waals surface area contributed by atoms with E-state index in [1.54, 1.807) is 11.9 Å². The van der Waals surface area contributed by atoms with E-state index in [9.17, 15) is 13.2 Å². The zero-order valence-electron chi connectivity index (χ0n) is 12.7. The molecule has 0 saturated heterocycles. The molecule has 0 unspecified atom stereocenters. The van der Waals surface area contributed by atoms with Gasteiger partial charge in [0.25, 0.3) is 0 Å². The largest absolute Gasteiger partial charge is 0.342 e. The van der Waals surface area contributed by atoms with Crippen LogP contribution in [0.5, 0.6) is 0 Å². The molecule has 1 atom stereocenters. The Labute approximate surface area is 131 Å². The first-order chi connectivity index (χ1) is 9.61. The van der Waals surface area contributed by atoms with Crippen molar-refractivity contribution in [1.82, 2.24) is 9.21 Å². The van der Waals surface area contributed by atoms with Crippen LogP contribution in [0.1, 0.15) is 12.5 Å². The van der Waals surface area contributed by atoms with Gasteiger partial charge in [0.15, 0.2) is 0 Å². The summed E-state index contributed by atoms with van der Waals surface area (Å²) >= 11 is 5.83. The van der Waals surface area contributed by atoms with Gasteiger partial charge in [0.2, 0.25) is 15.9 Å². The lowest BCUT2D eigenvalue weighted by atomic mass is 10.1. The third-order valence-electron chi connectivity index (χ3n) is 3.42. The molecule has 0 N–H and O–H groups in total. The molecule has 0 bridgehead atoms. The summed E-state index contributed by atoms with van der Waals surface area (Å²) in [7, 11) is -0.276. The third kappa shape index (κ3) is 5.65. The van der Waals surface area contributed by atoms with Crippen molar-refractivity contribution in [2.45, 2.75) is 19.4 Å². The van der Waals surface area contributed by atoms with Crippen molar-refractivity contribution in [1.29, 1.82) is 0 Å². The second kappa shape index (κ2) is 7.24. The van der Waals surface area contributed by atoms with Crippen LogP contribution in [0.25, 0.3) is 0 Å². The van der Waals surface area contributed by atoms with Crippen molar-refractivity contribution in [3.63, 3.8) is 0 Å². The zero-order chi connectivity index (χ0) is 16.2. The lowest BCUT2D eigenvalue weighted by Gasteiger charge is -2.27. The van der Waals surface area contributed by atoms with Crippen LogP contribution in [0.15, 0.2) is 24.3 Å². The number of carbonyl (C=O) groups is 1. The van der Waals surface area contributed by atoms with Crippen LogP contribution in [0, 0.1) is 0 Å². The Morgan fingerprint density at radius 2 is 1.76 bits per heavy atom. The molecule has 0 aliphatic heterocycles. The van der Waals surface area contributed by atoms with Gasteiger partial charge in [-0.05, 0) is 31.0 Å². The van der Waals surface area contributed by atoms with E-state index < -0.39 is 10.0 Å². The van der Waals surface area contributed by atoms with E-state index in [1.807, 2.05) is 31.2 Å². The quantitative estimate of drug-likeness (QED) is 0.795. The Balaban J connectivity index is 2.63. The van der Waals surface area contributed by atoms with Crippen LogP contribution in [-0.4, -0.2) is 56.5 Å². The smallest absolute Gasteiger partial charge is 0.237 e. The number of amides is 1. The Bertz CT molecular complexity index is 587. The maximum Gasteiger partial charge on any atom is 0.237 e. The lowest BCUT2D eigenvalue weighted by molar-refractivity contribution is -0.131. The van der Waals surface area contributed by atoms with Gasteiger partial charge in [-0.1, -0.05) is 23.7 Å². The highest BCUT2D eigenvalue weighted by Crippen LogP contribution is 2.13. The third-order valence-corrected chi connectivity index (χ3v) is 4.94. The number of sulfonamides is 1. The molecule has 0 spiro atoms. The molecule has 118 valence electrons. The van der Waals surface area contributed by atoms with Crippen LogP contribution in [0.4, 0.5) is 0 Å². The van der Waals surface area contributed by atoms with E-state index in [4.69, 9.17) is 11.6 Å². The molecule has 0 aromatic heterocycles. The van der Waals surface area contributed by atoms with Gasteiger partial charge in [-0.3, -0.25) is 4.79 Å². The number of halogens is 1. The molecule has 0 aliphatic carbocycles. The number of hydrogen-bond acceptors (Lipinski definition) is 3. The number of benzene rings is 1. The van der Waals surface area contributed by atoms with Gasteiger partial charge in [-0.15, -0.1) is 0 Å². The van der Waals surface area contributed by atoms with Crippen molar-refractivity contribution in [3.8, 4) is 0 Å². The molecular weight excluding hydrogens is 312 g/mol. The number of rotatable bonds is 6. The first kappa shape index (κ1) is 17.9. The average molecular weight is 333 g/mol. The van der Waals surface area contributed by atoms with Gasteiger partial charge in [-0.25, -0.2) is 8.42 Å². The maximum absolute atomic E-state index is 12.1. The van der Waals surface area contributed by atoms with E-state index in [0.717, 1.165) is 16.1 Å². The van der Waals surface area contributed by atoms with Crippen molar-refractivity contribution < 1.29 is 13.2 Å². The molecule has 21 heavy (non-hydrogen) atoms. The van der Waals surface area contributed by atoms with E-state index in [-0.39, 0.29) is 18.5 Å². The molecule has 0 fully saturated rings. The summed E-state index contributed by atoms with van der Waals surface area (Å²) in [6.07, 6.45) is 1.76.